The van der Waals surface area contributed by atoms with E-state index >= 15 is 0 Å². The molecule has 0 atom stereocenters. The number of hydrogen-bond acceptors (Lipinski definition) is 4. The van der Waals surface area contributed by atoms with Crippen LogP contribution in [0.3, 0.4) is 0 Å². The standard InChI is InChI=1S/C9H15N3O3/c1-4-5-7-6-8(15-11-7)10-9(13)12(2)14-3/h6H,4-5H2,1-3H3,(H,10,13). The van der Waals surface area contributed by atoms with E-state index in [1.807, 2.05) is 6.92 Å². The van der Waals surface area contributed by atoms with Crippen molar-refractivity contribution in [2.45, 2.75) is 19.8 Å². The van der Waals surface area contributed by atoms with Gasteiger partial charge < -0.3 is 4.52 Å². The molecular weight excluding hydrogens is 198 g/mol. The van der Waals surface area contributed by atoms with Gasteiger partial charge in [-0.2, -0.15) is 0 Å². The van der Waals surface area contributed by atoms with Crippen molar-refractivity contribution < 1.29 is 14.2 Å². The number of nitrogens with zero attached hydrogens (tertiary/aromatic N) is 2. The minimum absolute atomic E-state index is 0.326. The Hall–Kier alpha value is -1.56. The van der Waals surface area contributed by atoms with E-state index in [-0.39, 0.29) is 0 Å². The van der Waals surface area contributed by atoms with Crippen molar-refractivity contribution in [2.75, 3.05) is 19.5 Å². The Kier molecular flexibility index (Phi) is 4.11. The Morgan fingerprint density at radius 2 is 2.47 bits per heavy atom. The van der Waals surface area contributed by atoms with Gasteiger partial charge in [0.2, 0.25) is 5.88 Å². The fourth-order valence-electron chi connectivity index (χ4n) is 1.01. The first kappa shape index (κ1) is 11.5. The fourth-order valence-corrected chi connectivity index (χ4v) is 1.01. The van der Waals surface area contributed by atoms with Gasteiger partial charge >= 0.3 is 6.03 Å². The summed E-state index contributed by atoms with van der Waals surface area (Å²) in [6.07, 6.45) is 1.82. The van der Waals surface area contributed by atoms with Gasteiger partial charge in [0.05, 0.1) is 12.8 Å². The lowest BCUT2D eigenvalue weighted by molar-refractivity contribution is -0.0599. The molecule has 1 aromatic rings. The number of anilines is 1. The zero-order valence-electron chi connectivity index (χ0n) is 9.11. The average molecular weight is 213 g/mol. The number of nitrogens with one attached hydrogen (secondary N) is 1. The molecule has 0 spiro atoms. The third-order valence-electron chi connectivity index (χ3n) is 1.86. The molecule has 1 heterocycles. The molecule has 0 saturated carbocycles. The predicted molar refractivity (Wildman–Crippen MR) is 54.3 cm³/mol. The van der Waals surface area contributed by atoms with Crippen LogP contribution in [0.2, 0.25) is 0 Å². The average Bonchev–Trinajstić information content (AvgIpc) is 2.65. The SMILES string of the molecule is CCCc1cc(NC(=O)N(C)OC)on1. The molecular formula is C9H15N3O3. The van der Waals surface area contributed by atoms with Crippen LogP contribution in [0.15, 0.2) is 10.6 Å². The molecule has 6 nitrogen and oxygen atoms in total. The first-order valence-corrected chi connectivity index (χ1v) is 4.71. The zero-order chi connectivity index (χ0) is 11.3. The molecule has 1 aromatic heterocycles. The highest BCUT2D eigenvalue weighted by molar-refractivity contribution is 5.86. The lowest BCUT2D eigenvalue weighted by Crippen LogP contribution is -2.30. The number of aromatic nitrogens is 1. The van der Waals surface area contributed by atoms with E-state index in [1.54, 1.807) is 6.07 Å². The van der Waals surface area contributed by atoms with Crippen LogP contribution in [-0.2, 0) is 11.3 Å². The van der Waals surface area contributed by atoms with Gasteiger partial charge in [-0.25, -0.2) is 9.86 Å². The number of amides is 2. The summed E-state index contributed by atoms with van der Waals surface area (Å²) in [6.45, 7) is 2.05. The molecule has 0 saturated heterocycles. The Bertz CT molecular complexity index is 324. The van der Waals surface area contributed by atoms with Crippen LogP contribution in [-0.4, -0.2) is 30.4 Å². The van der Waals surface area contributed by atoms with Crippen LogP contribution in [0.5, 0.6) is 0 Å². The quantitative estimate of drug-likeness (QED) is 0.772. The maximum Gasteiger partial charge on any atom is 0.347 e. The minimum Gasteiger partial charge on any atom is -0.338 e. The second kappa shape index (κ2) is 5.35. The Morgan fingerprint density at radius 1 is 1.73 bits per heavy atom. The molecule has 0 aliphatic heterocycles. The summed E-state index contributed by atoms with van der Waals surface area (Å²) in [4.78, 5) is 16.0. The Labute approximate surface area is 88.1 Å². The van der Waals surface area contributed by atoms with Crippen LogP contribution in [0, 0.1) is 0 Å². The minimum atomic E-state index is -0.406. The maximum absolute atomic E-state index is 11.3. The normalized spacial score (nSPS) is 10.1. The highest BCUT2D eigenvalue weighted by Crippen LogP contribution is 2.11. The number of urea groups is 1. The van der Waals surface area contributed by atoms with Crippen LogP contribution < -0.4 is 5.32 Å². The molecule has 2 amide bonds. The Morgan fingerprint density at radius 3 is 3.07 bits per heavy atom. The molecule has 0 aromatic carbocycles. The predicted octanol–water partition coefficient (Wildman–Crippen LogP) is 1.65. The van der Waals surface area contributed by atoms with Crippen molar-refractivity contribution in [3.8, 4) is 0 Å². The molecule has 15 heavy (non-hydrogen) atoms. The topological polar surface area (TPSA) is 67.6 Å². The van der Waals surface area contributed by atoms with Crippen LogP contribution in [0.4, 0.5) is 10.7 Å². The van der Waals surface area contributed by atoms with Gasteiger partial charge in [-0.05, 0) is 6.42 Å². The largest absolute Gasteiger partial charge is 0.347 e. The fraction of sp³-hybridized carbons (Fsp3) is 0.556. The first-order chi connectivity index (χ1) is 7.17. The van der Waals surface area contributed by atoms with E-state index in [0.717, 1.165) is 23.6 Å². The van der Waals surface area contributed by atoms with Gasteiger partial charge in [-0.15, -0.1) is 0 Å². The molecule has 0 bridgehead atoms. The number of carbonyl (C=O) groups excluding carboxylic acids is 1. The second-order valence-corrected chi connectivity index (χ2v) is 3.04. The van der Waals surface area contributed by atoms with Gasteiger partial charge in [-0.1, -0.05) is 18.5 Å². The monoisotopic (exact) mass is 213 g/mol. The summed E-state index contributed by atoms with van der Waals surface area (Å²) < 4.78 is 4.92. The third kappa shape index (κ3) is 3.25. The lowest BCUT2D eigenvalue weighted by atomic mass is 10.2. The second-order valence-electron chi connectivity index (χ2n) is 3.04. The summed E-state index contributed by atoms with van der Waals surface area (Å²) in [5.41, 5.74) is 0.827. The molecule has 1 N–H and O–H groups in total. The van der Waals surface area contributed by atoms with Crippen molar-refractivity contribution in [3.05, 3.63) is 11.8 Å². The smallest absolute Gasteiger partial charge is 0.338 e. The number of hydrogen-bond donors (Lipinski definition) is 1. The summed E-state index contributed by atoms with van der Waals surface area (Å²) in [6, 6.07) is 1.29. The van der Waals surface area contributed by atoms with Crippen molar-refractivity contribution in [1.29, 1.82) is 0 Å². The van der Waals surface area contributed by atoms with E-state index in [2.05, 4.69) is 10.5 Å². The zero-order valence-corrected chi connectivity index (χ0v) is 9.11. The summed E-state index contributed by atoms with van der Waals surface area (Å²) in [7, 11) is 2.90. The molecule has 84 valence electrons. The van der Waals surface area contributed by atoms with Crippen LogP contribution in [0.25, 0.3) is 0 Å². The van der Waals surface area contributed by atoms with Gasteiger partial charge in [0.1, 0.15) is 0 Å². The molecule has 0 radical (unpaired) electrons. The van der Waals surface area contributed by atoms with Crippen LogP contribution in [0.1, 0.15) is 19.0 Å². The molecule has 1 rings (SSSR count). The number of hydroxylamine groups is 2. The molecule has 0 fully saturated rings. The van der Waals surface area contributed by atoms with E-state index in [0.29, 0.717) is 5.88 Å². The number of carbonyl (C=O) groups is 1. The van der Waals surface area contributed by atoms with E-state index in [1.165, 1.54) is 14.2 Å². The maximum atomic E-state index is 11.3. The molecule has 6 heteroatoms. The van der Waals surface area contributed by atoms with Crippen molar-refractivity contribution in [2.24, 2.45) is 0 Å². The lowest BCUT2D eigenvalue weighted by Gasteiger charge is -2.12. The highest BCUT2D eigenvalue weighted by atomic mass is 16.7. The summed E-state index contributed by atoms with van der Waals surface area (Å²) in [5.74, 6) is 0.326. The van der Waals surface area contributed by atoms with E-state index in [4.69, 9.17) is 9.36 Å². The van der Waals surface area contributed by atoms with Gasteiger partial charge in [-0.3, -0.25) is 10.2 Å². The van der Waals surface area contributed by atoms with Gasteiger partial charge in [0.15, 0.2) is 0 Å². The van der Waals surface area contributed by atoms with E-state index < -0.39 is 6.03 Å². The summed E-state index contributed by atoms with van der Waals surface area (Å²) in [5, 5.41) is 7.36. The van der Waals surface area contributed by atoms with Gasteiger partial charge in [0.25, 0.3) is 0 Å². The summed E-state index contributed by atoms with van der Waals surface area (Å²) >= 11 is 0. The number of rotatable bonds is 4. The first-order valence-electron chi connectivity index (χ1n) is 4.71. The van der Waals surface area contributed by atoms with Crippen molar-refractivity contribution in [1.82, 2.24) is 10.2 Å². The molecule has 0 unspecified atom stereocenters. The van der Waals surface area contributed by atoms with Crippen LogP contribution >= 0.6 is 0 Å². The third-order valence-corrected chi connectivity index (χ3v) is 1.86. The van der Waals surface area contributed by atoms with Gasteiger partial charge in [0, 0.05) is 13.1 Å². The molecule has 0 aliphatic rings. The molecule has 0 aliphatic carbocycles. The van der Waals surface area contributed by atoms with Crippen molar-refractivity contribution in [3.63, 3.8) is 0 Å². The highest BCUT2D eigenvalue weighted by Gasteiger charge is 2.11. The Balaban J connectivity index is 2.53. The number of aryl methyl sites for hydroxylation is 1. The van der Waals surface area contributed by atoms with Crippen molar-refractivity contribution >= 4 is 11.9 Å². The van der Waals surface area contributed by atoms with E-state index in [9.17, 15) is 4.79 Å².